The molecular formula is C19H27FN2O4. The third-order valence-electron chi connectivity index (χ3n) is 3.84. The maximum Gasteiger partial charge on any atom is 0.326 e. The van der Waals surface area contributed by atoms with Crippen LogP contribution >= 0.6 is 0 Å². The van der Waals surface area contributed by atoms with E-state index in [4.69, 9.17) is 0 Å². The summed E-state index contributed by atoms with van der Waals surface area (Å²) in [6, 6.07) is 3.60. The molecule has 7 heteroatoms. The van der Waals surface area contributed by atoms with Crippen LogP contribution in [0.2, 0.25) is 0 Å². The van der Waals surface area contributed by atoms with Gasteiger partial charge in [0.25, 0.3) is 0 Å². The van der Waals surface area contributed by atoms with Gasteiger partial charge in [-0.25, -0.2) is 9.18 Å². The number of carboxylic acid groups (broad SMARTS) is 1. The van der Waals surface area contributed by atoms with Gasteiger partial charge in [-0.15, -0.1) is 0 Å². The fourth-order valence-corrected chi connectivity index (χ4v) is 2.42. The number of rotatable bonds is 8. The van der Waals surface area contributed by atoms with Crippen molar-refractivity contribution in [1.82, 2.24) is 10.6 Å². The number of aliphatic carboxylic acids is 1. The van der Waals surface area contributed by atoms with Crippen molar-refractivity contribution in [3.63, 3.8) is 0 Å². The molecule has 1 aromatic rings. The third kappa shape index (κ3) is 8.09. The topological polar surface area (TPSA) is 95.5 Å². The number of hydrogen-bond acceptors (Lipinski definition) is 3. The molecule has 0 aromatic heterocycles. The molecule has 0 aliphatic rings. The number of nitrogens with one attached hydrogen (secondary N) is 2. The lowest BCUT2D eigenvalue weighted by Crippen LogP contribution is -2.52. The molecule has 0 saturated carbocycles. The number of halogens is 1. The molecule has 6 nitrogen and oxygen atoms in total. The van der Waals surface area contributed by atoms with E-state index in [0.717, 1.165) is 0 Å². The van der Waals surface area contributed by atoms with Gasteiger partial charge in [0.2, 0.25) is 11.8 Å². The van der Waals surface area contributed by atoms with Gasteiger partial charge in [-0.3, -0.25) is 9.59 Å². The second kappa shape index (κ2) is 9.31. The number of amides is 2. The molecule has 2 atom stereocenters. The van der Waals surface area contributed by atoms with E-state index in [0.29, 0.717) is 12.0 Å². The Labute approximate surface area is 153 Å². The Morgan fingerprint density at radius 2 is 1.65 bits per heavy atom. The second-order valence-electron chi connectivity index (χ2n) is 7.58. The van der Waals surface area contributed by atoms with Crippen molar-refractivity contribution in [1.29, 1.82) is 0 Å². The average Bonchev–Trinajstić information content (AvgIpc) is 2.51. The summed E-state index contributed by atoms with van der Waals surface area (Å²) in [4.78, 5) is 35.4. The monoisotopic (exact) mass is 366 g/mol. The van der Waals surface area contributed by atoms with Gasteiger partial charge in [0, 0.05) is 13.3 Å². The fraction of sp³-hybridized carbons (Fsp3) is 0.526. The number of carbonyl (C=O) groups is 3. The molecule has 0 heterocycles. The first-order chi connectivity index (χ1) is 12.0. The van der Waals surface area contributed by atoms with Crippen LogP contribution in [-0.2, 0) is 20.8 Å². The quantitative estimate of drug-likeness (QED) is 0.658. The summed E-state index contributed by atoms with van der Waals surface area (Å²) >= 11 is 0. The zero-order chi connectivity index (χ0) is 19.9. The molecule has 26 heavy (non-hydrogen) atoms. The van der Waals surface area contributed by atoms with Crippen LogP contribution in [0.25, 0.3) is 0 Å². The predicted molar refractivity (Wildman–Crippen MR) is 96.0 cm³/mol. The summed E-state index contributed by atoms with van der Waals surface area (Å²) in [5.41, 5.74) is 0.589. The summed E-state index contributed by atoms with van der Waals surface area (Å²) < 4.78 is 13.0. The molecule has 1 rings (SSSR count). The summed E-state index contributed by atoms with van der Waals surface area (Å²) in [6.07, 6.45) is 1.04. The minimum Gasteiger partial charge on any atom is -0.480 e. The van der Waals surface area contributed by atoms with Gasteiger partial charge in [0.1, 0.15) is 17.9 Å². The normalized spacial score (nSPS) is 13.6. The fourth-order valence-electron chi connectivity index (χ4n) is 2.42. The smallest absolute Gasteiger partial charge is 0.326 e. The zero-order valence-corrected chi connectivity index (χ0v) is 15.6. The molecule has 3 N–H and O–H groups in total. The number of hydrogen-bond donors (Lipinski definition) is 3. The lowest BCUT2D eigenvalue weighted by Gasteiger charge is -2.24. The molecule has 2 amide bonds. The highest BCUT2D eigenvalue weighted by molar-refractivity contribution is 5.90. The van der Waals surface area contributed by atoms with Gasteiger partial charge >= 0.3 is 5.97 Å². The van der Waals surface area contributed by atoms with Crippen LogP contribution < -0.4 is 10.6 Å². The van der Waals surface area contributed by atoms with Crippen LogP contribution in [0.15, 0.2) is 24.3 Å². The largest absolute Gasteiger partial charge is 0.480 e. The van der Waals surface area contributed by atoms with Gasteiger partial charge in [-0.2, -0.15) is 0 Å². The van der Waals surface area contributed by atoms with Crippen molar-refractivity contribution >= 4 is 17.8 Å². The van der Waals surface area contributed by atoms with Crippen molar-refractivity contribution in [2.75, 3.05) is 0 Å². The van der Waals surface area contributed by atoms with E-state index in [1.807, 2.05) is 20.8 Å². The van der Waals surface area contributed by atoms with Crippen LogP contribution in [0.5, 0.6) is 0 Å². The highest BCUT2D eigenvalue weighted by Crippen LogP contribution is 2.21. The van der Waals surface area contributed by atoms with E-state index in [2.05, 4.69) is 10.6 Å². The summed E-state index contributed by atoms with van der Waals surface area (Å²) in [6.45, 7) is 7.24. The van der Waals surface area contributed by atoms with Gasteiger partial charge in [0.15, 0.2) is 0 Å². The molecule has 144 valence electrons. The Hall–Kier alpha value is -2.44. The Bertz CT molecular complexity index is 638. The maximum absolute atomic E-state index is 13.0. The maximum atomic E-state index is 13.0. The van der Waals surface area contributed by atoms with E-state index in [9.17, 15) is 23.9 Å². The Kier molecular flexibility index (Phi) is 7.74. The molecule has 2 unspecified atom stereocenters. The first-order valence-electron chi connectivity index (χ1n) is 8.52. The SMILES string of the molecule is CC(=O)NC(Cc1ccc(F)cc1)C(=O)NC(CCC(C)(C)C)C(=O)O. The van der Waals surface area contributed by atoms with Gasteiger partial charge in [-0.05, 0) is 36.0 Å². The van der Waals surface area contributed by atoms with E-state index < -0.39 is 35.7 Å². The van der Waals surface area contributed by atoms with Crippen LogP contribution in [0.1, 0.15) is 46.1 Å². The van der Waals surface area contributed by atoms with Crippen molar-refractivity contribution in [3.8, 4) is 0 Å². The van der Waals surface area contributed by atoms with Crippen LogP contribution in [0.3, 0.4) is 0 Å². The minimum absolute atomic E-state index is 0.0659. The molecule has 0 spiro atoms. The molecule has 0 bridgehead atoms. The van der Waals surface area contributed by atoms with Crippen LogP contribution in [0.4, 0.5) is 4.39 Å². The summed E-state index contributed by atoms with van der Waals surface area (Å²) in [5.74, 6) is -2.51. The van der Waals surface area contributed by atoms with E-state index in [1.165, 1.54) is 31.2 Å². The third-order valence-corrected chi connectivity index (χ3v) is 3.84. The summed E-state index contributed by atoms with van der Waals surface area (Å²) in [5, 5.41) is 14.4. The summed E-state index contributed by atoms with van der Waals surface area (Å²) in [7, 11) is 0. The van der Waals surface area contributed by atoms with Gasteiger partial charge < -0.3 is 15.7 Å². The Morgan fingerprint density at radius 1 is 1.08 bits per heavy atom. The molecule has 1 aromatic carbocycles. The zero-order valence-electron chi connectivity index (χ0n) is 15.6. The standard InChI is InChI=1S/C19H27FN2O4/c1-12(23)21-16(11-13-5-7-14(20)8-6-13)17(24)22-15(18(25)26)9-10-19(2,3)4/h5-8,15-16H,9-11H2,1-4H3,(H,21,23)(H,22,24)(H,25,26). The molecular weight excluding hydrogens is 339 g/mol. The van der Waals surface area contributed by atoms with E-state index >= 15 is 0 Å². The van der Waals surface area contributed by atoms with Crippen LogP contribution in [-0.4, -0.2) is 35.0 Å². The number of benzene rings is 1. The number of carboxylic acids is 1. The van der Waals surface area contributed by atoms with Crippen LogP contribution in [0, 0.1) is 11.2 Å². The molecule has 0 aliphatic carbocycles. The van der Waals surface area contributed by atoms with Crippen molar-refractivity contribution in [3.05, 3.63) is 35.6 Å². The van der Waals surface area contributed by atoms with E-state index in [1.54, 1.807) is 0 Å². The number of carbonyl (C=O) groups excluding carboxylic acids is 2. The van der Waals surface area contributed by atoms with Gasteiger partial charge in [0.05, 0.1) is 0 Å². The first-order valence-corrected chi connectivity index (χ1v) is 8.52. The first kappa shape index (κ1) is 21.6. The molecule has 0 aliphatic heterocycles. The lowest BCUT2D eigenvalue weighted by atomic mass is 9.88. The Morgan fingerprint density at radius 3 is 2.12 bits per heavy atom. The second-order valence-corrected chi connectivity index (χ2v) is 7.58. The van der Waals surface area contributed by atoms with Crippen molar-refractivity contribution in [2.45, 2.75) is 59.0 Å². The Balaban J connectivity index is 2.83. The van der Waals surface area contributed by atoms with Gasteiger partial charge in [-0.1, -0.05) is 32.9 Å². The molecule has 0 radical (unpaired) electrons. The lowest BCUT2D eigenvalue weighted by molar-refractivity contribution is -0.142. The predicted octanol–water partition coefficient (Wildman–Crippen LogP) is 2.27. The van der Waals surface area contributed by atoms with E-state index in [-0.39, 0.29) is 18.3 Å². The minimum atomic E-state index is -1.12. The molecule has 0 saturated heterocycles. The molecule has 0 fully saturated rings. The highest BCUT2D eigenvalue weighted by atomic mass is 19.1. The average molecular weight is 366 g/mol. The van der Waals surface area contributed by atoms with Crippen molar-refractivity contribution in [2.24, 2.45) is 5.41 Å². The van der Waals surface area contributed by atoms with Crippen molar-refractivity contribution < 1.29 is 23.9 Å². The highest BCUT2D eigenvalue weighted by Gasteiger charge is 2.27.